The number of rotatable bonds is 7. The smallest absolute Gasteiger partial charge is 0.243 e. The zero-order valence-electron chi connectivity index (χ0n) is 10.9. The summed E-state index contributed by atoms with van der Waals surface area (Å²) in [7, 11) is 3.34. The Morgan fingerprint density at radius 3 is 2.61 bits per heavy atom. The van der Waals surface area contributed by atoms with Crippen LogP contribution in [-0.4, -0.2) is 57.2 Å². The first-order valence-corrected chi connectivity index (χ1v) is 5.51. The van der Waals surface area contributed by atoms with Gasteiger partial charge >= 0.3 is 0 Å². The molecule has 1 amide bonds. The maximum absolute atomic E-state index is 11.9. The van der Waals surface area contributed by atoms with Crippen LogP contribution >= 0.6 is 24.0 Å². The molecule has 106 valence electrons. The SMILES string of the molecule is C=CCNC(=NCC(=O)N(C)C)NCCCF.I. The van der Waals surface area contributed by atoms with Crippen LogP contribution in [0.4, 0.5) is 4.39 Å². The lowest BCUT2D eigenvalue weighted by Gasteiger charge is -2.12. The van der Waals surface area contributed by atoms with Gasteiger partial charge in [0.05, 0.1) is 6.67 Å². The summed E-state index contributed by atoms with van der Waals surface area (Å²) in [5, 5.41) is 5.88. The molecule has 0 aliphatic rings. The highest BCUT2D eigenvalue weighted by Gasteiger charge is 2.03. The molecule has 0 heterocycles. The third-order valence-electron chi connectivity index (χ3n) is 1.89. The number of aliphatic imine (C=N–C) groups is 1. The number of carbonyl (C=O) groups excluding carboxylic acids is 1. The lowest BCUT2D eigenvalue weighted by molar-refractivity contribution is -0.127. The highest BCUT2D eigenvalue weighted by molar-refractivity contribution is 14.0. The van der Waals surface area contributed by atoms with E-state index in [4.69, 9.17) is 0 Å². The monoisotopic (exact) mass is 372 g/mol. The van der Waals surface area contributed by atoms with Crippen molar-refractivity contribution in [3.05, 3.63) is 12.7 Å². The number of carbonyl (C=O) groups is 1. The van der Waals surface area contributed by atoms with Crippen LogP contribution in [0.5, 0.6) is 0 Å². The van der Waals surface area contributed by atoms with Gasteiger partial charge in [-0.05, 0) is 6.42 Å². The van der Waals surface area contributed by atoms with E-state index >= 15 is 0 Å². The molecule has 0 spiro atoms. The second-order valence-corrected chi connectivity index (χ2v) is 3.59. The molecule has 0 fully saturated rings. The fraction of sp³-hybridized carbons (Fsp3) is 0.636. The van der Waals surface area contributed by atoms with Crippen molar-refractivity contribution in [3.8, 4) is 0 Å². The van der Waals surface area contributed by atoms with Crippen LogP contribution in [0.3, 0.4) is 0 Å². The summed E-state index contributed by atoms with van der Waals surface area (Å²) in [5.41, 5.74) is 0. The average molecular weight is 372 g/mol. The maximum atomic E-state index is 11.9. The summed E-state index contributed by atoms with van der Waals surface area (Å²) >= 11 is 0. The van der Waals surface area contributed by atoms with Gasteiger partial charge in [0.25, 0.3) is 0 Å². The van der Waals surface area contributed by atoms with E-state index in [1.165, 1.54) is 4.90 Å². The van der Waals surface area contributed by atoms with Gasteiger partial charge in [0.2, 0.25) is 5.91 Å². The van der Waals surface area contributed by atoms with Crippen LogP contribution in [0, 0.1) is 0 Å². The molecular formula is C11H22FIN4O. The molecule has 5 nitrogen and oxygen atoms in total. The number of amides is 1. The van der Waals surface area contributed by atoms with E-state index in [-0.39, 0.29) is 43.1 Å². The van der Waals surface area contributed by atoms with E-state index in [1.807, 2.05) is 0 Å². The summed E-state index contributed by atoms with van der Waals surface area (Å²) in [6.07, 6.45) is 2.09. The molecule has 0 aromatic heterocycles. The van der Waals surface area contributed by atoms with Crippen LogP contribution in [0.25, 0.3) is 0 Å². The van der Waals surface area contributed by atoms with Crippen LogP contribution < -0.4 is 10.6 Å². The molecule has 0 unspecified atom stereocenters. The van der Waals surface area contributed by atoms with Crippen molar-refractivity contribution in [2.75, 3.05) is 40.4 Å². The van der Waals surface area contributed by atoms with Crippen LogP contribution in [0.2, 0.25) is 0 Å². The molecule has 0 saturated carbocycles. The van der Waals surface area contributed by atoms with Gasteiger partial charge in [0.15, 0.2) is 5.96 Å². The predicted octanol–water partition coefficient (Wildman–Crippen LogP) is 0.773. The largest absolute Gasteiger partial charge is 0.356 e. The standard InChI is InChI=1S/C11H21FN4O.HI/c1-4-7-13-11(14-8-5-6-12)15-9-10(17)16(2)3;/h4H,1,5-9H2,2-3H3,(H2,13,14,15);1H. The Morgan fingerprint density at radius 2 is 2.11 bits per heavy atom. The molecule has 0 aliphatic carbocycles. The highest BCUT2D eigenvalue weighted by Crippen LogP contribution is 1.83. The van der Waals surface area contributed by atoms with Crippen LogP contribution in [0.15, 0.2) is 17.6 Å². The van der Waals surface area contributed by atoms with E-state index < -0.39 is 0 Å². The molecule has 0 rings (SSSR count). The Labute approximate surface area is 125 Å². The van der Waals surface area contributed by atoms with Gasteiger partial charge in [-0.3, -0.25) is 9.18 Å². The minimum absolute atomic E-state index is 0. The van der Waals surface area contributed by atoms with Crippen molar-refractivity contribution in [3.63, 3.8) is 0 Å². The third-order valence-corrected chi connectivity index (χ3v) is 1.89. The Balaban J connectivity index is 0. The van der Waals surface area contributed by atoms with Crippen molar-refractivity contribution in [1.82, 2.24) is 15.5 Å². The van der Waals surface area contributed by atoms with Crippen molar-refractivity contribution < 1.29 is 9.18 Å². The topological polar surface area (TPSA) is 56.7 Å². The van der Waals surface area contributed by atoms with Crippen molar-refractivity contribution >= 4 is 35.8 Å². The van der Waals surface area contributed by atoms with Gasteiger partial charge in [0, 0.05) is 27.2 Å². The normalized spacial score (nSPS) is 10.3. The molecule has 0 aromatic carbocycles. The minimum atomic E-state index is -0.377. The maximum Gasteiger partial charge on any atom is 0.243 e. The predicted molar refractivity (Wildman–Crippen MR) is 83.2 cm³/mol. The second-order valence-electron chi connectivity index (χ2n) is 3.59. The lowest BCUT2D eigenvalue weighted by Crippen LogP contribution is -2.39. The molecule has 2 N–H and O–H groups in total. The fourth-order valence-electron chi connectivity index (χ4n) is 0.905. The number of alkyl halides is 1. The summed E-state index contributed by atoms with van der Waals surface area (Å²) in [6.45, 7) is 4.28. The lowest BCUT2D eigenvalue weighted by atomic mass is 10.4. The number of hydrogen-bond acceptors (Lipinski definition) is 2. The first kappa shape index (κ1) is 19.5. The second kappa shape index (κ2) is 12.6. The molecule has 0 atom stereocenters. The zero-order chi connectivity index (χ0) is 13.1. The Hall–Kier alpha value is -0.860. The number of hydrogen-bond donors (Lipinski definition) is 2. The van der Waals surface area contributed by atoms with E-state index in [0.717, 1.165) is 0 Å². The Bertz CT molecular complexity index is 272. The van der Waals surface area contributed by atoms with Gasteiger partial charge in [-0.2, -0.15) is 0 Å². The van der Waals surface area contributed by atoms with Crippen LogP contribution in [-0.2, 0) is 4.79 Å². The molecule has 0 radical (unpaired) electrons. The first-order valence-electron chi connectivity index (χ1n) is 5.51. The molecular weight excluding hydrogens is 350 g/mol. The number of guanidine groups is 1. The summed E-state index contributed by atoms with van der Waals surface area (Å²) in [6, 6.07) is 0. The molecule has 0 saturated heterocycles. The molecule has 0 aliphatic heterocycles. The quantitative estimate of drug-likeness (QED) is 0.228. The van der Waals surface area contributed by atoms with Crippen molar-refractivity contribution in [2.24, 2.45) is 4.99 Å². The average Bonchev–Trinajstić information content (AvgIpc) is 2.31. The number of halogens is 2. The van der Waals surface area contributed by atoms with E-state index in [1.54, 1.807) is 20.2 Å². The number of nitrogens with one attached hydrogen (secondary N) is 2. The highest BCUT2D eigenvalue weighted by atomic mass is 127. The Morgan fingerprint density at radius 1 is 1.44 bits per heavy atom. The number of likely N-dealkylation sites (N-methyl/N-ethyl adjacent to an activating group) is 1. The molecule has 18 heavy (non-hydrogen) atoms. The van der Waals surface area contributed by atoms with E-state index in [9.17, 15) is 9.18 Å². The van der Waals surface area contributed by atoms with Gasteiger partial charge in [-0.15, -0.1) is 30.6 Å². The van der Waals surface area contributed by atoms with Crippen LogP contribution in [0.1, 0.15) is 6.42 Å². The number of nitrogens with zero attached hydrogens (tertiary/aromatic N) is 2. The van der Waals surface area contributed by atoms with Gasteiger partial charge in [-0.25, -0.2) is 4.99 Å². The molecule has 0 aromatic rings. The summed E-state index contributed by atoms with van der Waals surface area (Å²) in [4.78, 5) is 16.9. The fourth-order valence-corrected chi connectivity index (χ4v) is 0.905. The van der Waals surface area contributed by atoms with E-state index in [0.29, 0.717) is 25.5 Å². The van der Waals surface area contributed by atoms with Crippen molar-refractivity contribution in [2.45, 2.75) is 6.42 Å². The zero-order valence-corrected chi connectivity index (χ0v) is 13.2. The summed E-state index contributed by atoms with van der Waals surface area (Å²) in [5.74, 6) is 0.406. The third kappa shape index (κ3) is 10.3. The molecule has 7 heteroatoms. The summed E-state index contributed by atoms with van der Waals surface area (Å²) < 4.78 is 11.9. The van der Waals surface area contributed by atoms with Gasteiger partial charge < -0.3 is 15.5 Å². The van der Waals surface area contributed by atoms with E-state index in [2.05, 4.69) is 22.2 Å². The first-order chi connectivity index (χ1) is 8.11. The van der Waals surface area contributed by atoms with Crippen molar-refractivity contribution in [1.29, 1.82) is 0 Å². The van der Waals surface area contributed by atoms with Gasteiger partial charge in [-0.1, -0.05) is 6.08 Å². The molecule has 0 bridgehead atoms. The van der Waals surface area contributed by atoms with Gasteiger partial charge in [0.1, 0.15) is 6.54 Å². The Kier molecular flexibility index (Phi) is 13.6. The minimum Gasteiger partial charge on any atom is -0.356 e.